The molecule has 0 aliphatic rings. The van der Waals surface area contributed by atoms with Crippen LogP contribution in [0.2, 0.25) is 0 Å². The number of amides is 2. The highest BCUT2D eigenvalue weighted by Gasteiger charge is 2.19. The molecule has 0 spiro atoms. The number of aliphatic hydroxyl groups excluding tert-OH is 1. The van der Waals surface area contributed by atoms with Crippen LogP contribution in [0, 0.1) is 0 Å². The number of alkyl carbamates (subject to hydrolysis) is 1. The number of benzene rings is 2. The predicted octanol–water partition coefficient (Wildman–Crippen LogP) is 6.45. The maximum atomic E-state index is 12.2. The van der Waals surface area contributed by atoms with Crippen LogP contribution in [0.3, 0.4) is 0 Å². The second-order valence-corrected chi connectivity index (χ2v) is 10.8. The fourth-order valence-corrected chi connectivity index (χ4v) is 4.05. The lowest BCUT2D eigenvalue weighted by atomic mass is 9.99. The average Bonchev–Trinajstić information content (AvgIpc) is 2.92. The van der Waals surface area contributed by atoms with Crippen LogP contribution in [0.25, 0.3) is 5.57 Å². The highest BCUT2D eigenvalue weighted by Crippen LogP contribution is 2.29. The maximum Gasteiger partial charge on any atom is 0.407 e. The summed E-state index contributed by atoms with van der Waals surface area (Å²) in [4.78, 5) is 36.0. The SMILES string of the molecule is CCOC(=O)Cc1ccc(NC(C)=O)cc1O[C@H](C)/C(=C/C(=C(/O)CC)c1cccc(CNC(=O)OC(C)(C)C)c1)OC. The first kappa shape index (κ1) is 34.7. The Kier molecular flexibility index (Phi) is 13.1. The first-order valence-electron chi connectivity index (χ1n) is 14.2. The van der Waals surface area contributed by atoms with E-state index >= 15 is 0 Å². The van der Waals surface area contributed by atoms with Gasteiger partial charge in [-0.25, -0.2) is 4.79 Å². The Hall–Kier alpha value is -4.47. The van der Waals surface area contributed by atoms with E-state index in [2.05, 4.69) is 10.6 Å². The fourth-order valence-electron chi connectivity index (χ4n) is 4.05. The van der Waals surface area contributed by atoms with Crippen LogP contribution < -0.4 is 15.4 Å². The van der Waals surface area contributed by atoms with Crippen molar-refractivity contribution < 1.29 is 38.4 Å². The van der Waals surface area contributed by atoms with Crippen molar-refractivity contribution in [3.05, 3.63) is 76.7 Å². The van der Waals surface area contributed by atoms with Crippen molar-refractivity contribution in [3.8, 4) is 5.75 Å². The van der Waals surface area contributed by atoms with Gasteiger partial charge in [-0.15, -0.1) is 0 Å². The normalized spacial score (nSPS) is 12.9. The molecule has 0 saturated heterocycles. The molecule has 2 aromatic rings. The summed E-state index contributed by atoms with van der Waals surface area (Å²) in [5.74, 6) is 0.251. The average molecular weight is 597 g/mol. The predicted molar refractivity (Wildman–Crippen MR) is 166 cm³/mol. The van der Waals surface area contributed by atoms with Gasteiger partial charge in [-0.05, 0) is 64.0 Å². The van der Waals surface area contributed by atoms with Crippen LogP contribution >= 0.6 is 0 Å². The number of methoxy groups -OCH3 is 1. The standard InChI is InChI=1S/C33H44N2O8/c1-9-28(37)27(24-13-11-12-23(16-24)20-34-32(39)43-33(5,6)7)19-29(40-8)21(3)42-30-18-26(35-22(4)36)15-14-25(30)17-31(38)41-10-2/h11-16,18-19,21,37H,9-10,17,20H2,1-8H3,(H,34,39)(H,35,36)/b28-27-,29-19-/t21-/m1/s1. The molecule has 0 radical (unpaired) electrons. The topological polar surface area (TPSA) is 132 Å². The molecular weight excluding hydrogens is 552 g/mol. The third kappa shape index (κ3) is 11.7. The molecule has 234 valence electrons. The smallest absolute Gasteiger partial charge is 0.407 e. The summed E-state index contributed by atoms with van der Waals surface area (Å²) in [6.07, 6.45) is 0.861. The van der Waals surface area contributed by atoms with Crippen molar-refractivity contribution in [3.63, 3.8) is 0 Å². The van der Waals surface area contributed by atoms with Crippen molar-refractivity contribution >= 4 is 29.2 Å². The number of esters is 1. The number of nitrogens with one attached hydrogen (secondary N) is 2. The number of ether oxygens (including phenoxy) is 4. The molecule has 43 heavy (non-hydrogen) atoms. The van der Waals surface area contributed by atoms with Gasteiger partial charge in [-0.3, -0.25) is 9.59 Å². The molecule has 2 rings (SSSR count). The summed E-state index contributed by atoms with van der Waals surface area (Å²) in [5, 5.41) is 16.4. The zero-order valence-corrected chi connectivity index (χ0v) is 26.3. The van der Waals surface area contributed by atoms with E-state index in [1.165, 1.54) is 14.0 Å². The van der Waals surface area contributed by atoms with Crippen LogP contribution in [-0.2, 0) is 36.8 Å². The zero-order chi connectivity index (χ0) is 32.2. The van der Waals surface area contributed by atoms with Gasteiger partial charge in [0.25, 0.3) is 0 Å². The Morgan fingerprint density at radius 2 is 1.79 bits per heavy atom. The molecule has 10 nitrogen and oxygen atoms in total. The van der Waals surface area contributed by atoms with E-state index in [1.54, 1.807) is 58.9 Å². The van der Waals surface area contributed by atoms with Crippen LogP contribution in [0.15, 0.2) is 60.1 Å². The lowest BCUT2D eigenvalue weighted by molar-refractivity contribution is -0.142. The second-order valence-electron chi connectivity index (χ2n) is 10.8. The zero-order valence-electron chi connectivity index (χ0n) is 26.3. The van der Waals surface area contributed by atoms with Gasteiger partial charge in [0, 0.05) is 42.8 Å². The minimum atomic E-state index is -0.657. The number of rotatable bonds is 13. The summed E-state index contributed by atoms with van der Waals surface area (Å²) >= 11 is 0. The van der Waals surface area contributed by atoms with Gasteiger partial charge in [-0.2, -0.15) is 0 Å². The Morgan fingerprint density at radius 1 is 1.07 bits per heavy atom. The second kappa shape index (κ2) is 16.2. The lowest BCUT2D eigenvalue weighted by Gasteiger charge is -2.21. The Balaban J connectivity index is 2.39. The number of aliphatic hydroxyl groups is 1. The summed E-state index contributed by atoms with van der Waals surface area (Å²) in [6, 6.07) is 12.4. The van der Waals surface area contributed by atoms with Crippen LogP contribution in [0.1, 0.15) is 71.6 Å². The first-order chi connectivity index (χ1) is 20.3. The van der Waals surface area contributed by atoms with Gasteiger partial charge >= 0.3 is 12.1 Å². The minimum absolute atomic E-state index is 0.0197. The maximum absolute atomic E-state index is 12.2. The molecule has 1 atom stereocenters. The van der Waals surface area contributed by atoms with Crippen LogP contribution in [0.5, 0.6) is 5.75 Å². The van der Waals surface area contributed by atoms with Gasteiger partial charge in [0.2, 0.25) is 5.91 Å². The molecule has 0 bridgehead atoms. The number of hydrogen-bond donors (Lipinski definition) is 3. The van der Waals surface area contributed by atoms with Gasteiger partial charge in [0.1, 0.15) is 17.1 Å². The fraction of sp³-hybridized carbons (Fsp3) is 0.424. The quantitative estimate of drug-likeness (QED) is 0.137. The van der Waals surface area contributed by atoms with Gasteiger partial charge < -0.3 is 34.7 Å². The monoisotopic (exact) mass is 596 g/mol. The van der Waals surface area contributed by atoms with Crippen molar-refractivity contribution in [1.82, 2.24) is 5.32 Å². The number of carbonyl (C=O) groups is 3. The van der Waals surface area contributed by atoms with E-state index in [0.29, 0.717) is 40.3 Å². The van der Waals surface area contributed by atoms with Crippen LogP contribution in [0.4, 0.5) is 10.5 Å². The van der Waals surface area contributed by atoms with Crippen molar-refractivity contribution in [1.29, 1.82) is 0 Å². The molecule has 0 saturated carbocycles. The molecule has 0 aliphatic carbocycles. The molecular formula is C33H44N2O8. The van der Waals surface area contributed by atoms with E-state index < -0.39 is 23.8 Å². The molecule has 2 amide bonds. The molecule has 3 N–H and O–H groups in total. The lowest BCUT2D eigenvalue weighted by Crippen LogP contribution is -2.32. The van der Waals surface area contributed by atoms with Gasteiger partial charge in [0.05, 0.1) is 25.9 Å². The summed E-state index contributed by atoms with van der Waals surface area (Å²) in [5.41, 5.74) is 2.51. The highest BCUT2D eigenvalue weighted by molar-refractivity contribution is 5.89. The summed E-state index contributed by atoms with van der Waals surface area (Å²) in [7, 11) is 1.50. The third-order valence-electron chi connectivity index (χ3n) is 5.97. The Morgan fingerprint density at radius 3 is 2.40 bits per heavy atom. The molecule has 0 heterocycles. The number of hydrogen-bond acceptors (Lipinski definition) is 8. The first-order valence-corrected chi connectivity index (χ1v) is 14.2. The third-order valence-corrected chi connectivity index (χ3v) is 5.97. The van der Waals surface area contributed by atoms with E-state index in [-0.39, 0.29) is 31.2 Å². The summed E-state index contributed by atoms with van der Waals surface area (Å²) in [6.45, 7) is 12.6. The van der Waals surface area contributed by atoms with Gasteiger partial charge in [-0.1, -0.05) is 31.2 Å². The van der Waals surface area contributed by atoms with E-state index in [1.807, 2.05) is 31.2 Å². The Bertz CT molecular complexity index is 1340. The molecule has 10 heteroatoms. The molecule has 2 aromatic carbocycles. The molecule has 0 aromatic heterocycles. The Labute approximate surface area is 254 Å². The molecule has 0 unspecified atom stereocenters. The molecule has 0 aliphatic heterocycles. The van der Waals surface area contributed by atoms with E-state index in [0.717, 1.165) is 5.56 Å². The van der Waals surface area contributed by atoms with E-state index in [4.69, 9.17) is 18.9 Å². The summed E-state index contributed by atoms with van der Waals surface area (Å²) < 4.78 is 22.4. The van der Waals surface area contributed by atoms with Gasteiger partial charge in [0.15, 0.2) is 6.10 Å². The largest absolute Gasteiger partial charge is 0.512 e. The van der Waals surface area contributed by atoms with Crippen molar-refractivity contribution in [2.24, 2.45) is 0 Å². The van der Waals surface area contributed by atoms with Crippen molar-refractivity contribution in [2.45, 2.75) is 79.6 Å². The van der Waals surface area contributed by atoms with E-state index in [9.17, 15) is 19.5 Å². The minimum Gasteiger partial charge on any atom is -0.512 e. The highest BCUT2D eigenvalue weighted by atomic mass is 16.6. The van der Waals surface area contributed by atoms with Crippen LogP contribution in [-0.4, -0.2) is 48.5 Å². The van der Waals surface area contributed by atoms with Crippen molar-refractivity contribution in [2.75, 3.05) is 19.0 Å². The number of allylic oxidation sites excluding steroid dienone is 3. The number of anilines is 1. The molecule has 0 fully saturated rings. The number of carbonyl (C=O) groups excluding carboxylic acids is 3.